The Morgan fingerprint density at radius 3 is 2.40 bits per heavy atom. The van der Waals surface area contributed by atoms with Crippen molar-refractivity contribution in [2.45, 2.75) is 43.9 Å². The summed E-state index contributed by atoms with van der Waals surface area (Å²) in [6, 6.07) is 3.36. The molecule has 2 amide bonds. The fraction of sp³-hybridized carbons (Fsp3) is 0.469. The molecule has 260 valence electrons. The lowest BCUT2D eigenvalue weighted by Crippen LogP contribution is -2.53. The zero-order valence-corrected chi connectivity index (χ0v) is 28.3. The Bertz CT molecular complexity index is 1980. The lowest BCUT2D eigenvalue weighted by Gasteiger charge is -2.41. The highest BCUT2D eigenvalue weighted by Crippen LogP contribution is 2.38. The standard InChI is InChI=1S/C32H38F3N5O7S/c1-17-11-24(39-10-9-38(5)20(14-39)16-46-6)18(2)28-26(17)21-7-8-40(15-22(21)31(43)47-28)30(42)19-12-23(32(33,34)35)27(29(36)41)25(13-19)48(44,45)37(3)4/h11-13,20H,7-10,14-16H2,1-6H3,(H2,36,41). The van der Waals surface area contributed by atoms with Crippen molar-refractivity contribution >= 4 is 38.5 Å². The molecule has 3 heterocycles. The predicted octanol–water partition coefficient (Wildman–Crippen LogP) is 2.74. The molecule has 16 heteroatoms. The highest BCUT2D eigenvalue weighted by Gasteiger charge is 2.41. The number of ether oxygens (including phenoxy) is 1. The zero-order valence-electron chi connectivity index (χ0n) is 27.5. The van der Waals surface area contributed by atoms with Gasteiger partial charge in [0.25, 0.3) is 11.8 Å². The predicted molar refractivity (Wildman–Crippen MR) is 172 cm³/mol. The molecule has 0 saturated carbocycles. The van der Waals surface area contributed by atoms with E-state index < -0.39 is 55.2 Å². The molecule has 1 fully saturated rings. The van der Waals surface area contributed by atoms with Crippen LogP contribution in [0.2, 0.25) is 0 Å². The average molecular weight is 694 g/mol. The van der Waals surface area contributed by atoms with Gasteiger partial charge in [0.05, 0.1) is 40.8 Å². The first-order valence-electron chi connectivity index (χ1n) is 15.2. The number of halogens is 3. The zero-order chi connectivity index (χ0) is 35.5. The van der Waals surface area contributed by atoms with Crippen LogP contribution >= 0.6 is 0 Å². The molecule has 2 aliphatic rings. The van der Waals surface area contributed by atoms with Gasteiger partial charge in [0, 0.05) is 69.6 Å². The number of primary amides is 1. The first kappa shape index (κ1) is 35.3. The molecule has 12 nitrogen and oxygen atoms in total. The van der Waals surface area contributed by atoms with Gasteiger partial charge >= 0.3 is 11.8 Å². The van der Waals surface area contributed by atoms with Gasteiger partial charge in [-0.1, -0.05) is 0 Å². The molecule has 0 aliphatic carbocycles. The van der Waals surface area contributed by atoms with E-state index in [1.165, 1.54) is 0 Å². The summed E-state index contributed by atoms with van der Waals surface area (Å²) >= 11 is 0. The van der Waals surface area contributed by atoms with Crippen LogP contribution in [0.5, 0.6) is 0 Å². The molecule has 48 heavy (non-hydrogen) atoms. The molecular formula is C32H38F3N5O7S. The highest BCUT2D eigenvalue weighted by atomic mass is 32.2. The van der Waals surface area contributed by atoms with Crippen molar-refractivity contribution in [3.05, 3.63) is 67.6 Å². The maximum atomic E-state index is 14.1. The topological polar surface area (TPSA) is 147 Å². The van der Waals surface area contributed by atoms with E-state index >= 15 is 0 Å². The quantitative estimate of drug-likeness (QED) is 0.369. The number of rotatable bonds is 7. The summed E-state index contributed by atoms with van der Waals surface area (Å²) in [4.78, 5) is 43.9. The van der Waals surface area contributed by atoms with Crippen LogP contribution in [0.15, 0.2) is 32.3 Å². The summed E-state index contributed by atoms with van der Waals surface area (Å²) in [5.41, 5.74) is 4.89. The van der Waals surface area contributed by atoms with Gasteiger partial charge in [0.15, 0.2) is 0 Å². The summed E-state index contributed by atoms with van der Waals surface area (Å²) < 4.78 is 80.4. The highest BCUT2D eigenvalue weighted by molar-refractivity contribution is 7.89. The minimum atomic E-state index is -5.21. The smallest absolute Gasteiger partial charge is 0.417 e. The number of carbonyl (C=O) groups is 2. The van der Waals surface area contributed by atoms with Crippen molar-refractivity contribution in [3.63, 3.8) is 0 Å². The Labute approximate surface area is 275 Å². The Morgan fingerprint density at radius 2 is 1.79 bits per heavy atom. The number of fused-ring (bicyclic) bond motifs is 3. The molecule has 3 aromatic rings. The van der Waals surface area contributed by atoms with E-state index in [1.54, 1.807) is 7.11 Å². The fourth-order valence-corrected chi connectivity index (χ4v) is 7.73. The lowest BCUT2D eigenvalue weighted by atomic mass is 9.92. The van der Waals surface area contributed by atoms with Crippen LogP contribution in [-0.4, -0.2) is 101 Å². The number of carbonyl (C=O) groups excluding carboxylic acids is 2. The van der Waals surface area contributed by atoms with Crippen molar-refractivity contribution in [1.29, 1.82) is 0 Å². The summed E-state index contributed by atoms with van der Waals surface area (Å²) in [6.07, 6.45) is -5.02. The van der Waals surface area contributed by atoms with Gasteiger partial charge in [-0.05, 0) is 56.6 Å². The van der Waals surface area contributed by atoms with Gasteiger partial charge in [-0.3, -0.25) is 14.5 Å². The molecule has 1 aromatic heterocycles. The monoisotopic (exact) mass is 693 g/mol. The molecule has 0 radical (unpaired) electrons. The van der Waals surface area contributed by atoms with Crippen molar-refractivity contribution < 1.29 is 40.3 Å². The van der Waals surface area contributed by atoms with E-state index in [1.807, 2.05) is 13.8 Å². The maximum absolute atomic E-state index is 14.1. The van der Waals surface area contributed by atoms with Crippen LogP contribution in [-0.2, 0) is 33.9 Å². The number of likely N-dealkylation sites (N-methyl/N-ethyl adjacent to an activating group) is 1. The number of hydrogen-bond donors (Lipinski definition) is 1. The molecule has 0 spiro atoms. The number of nitrogens with zero attached hydrogens (tertiary/aromatic N) is 4. The van der Waals surface area contributed by atoms with Crippen LogP contribution in [0.3, 0.4) is 0 Å². The normalized spacial score (nSPS) is 17.7. The summed E-state index contributed by atoms with van der Waals surface area (Å²) in [5, 5.41) is 0.741. The first-order valence-corrected chi connectivity index (χ1v) is 16.6. The molecule has 1 atom stereocenters. The number of nitrogens with two attached hydrogens (primary N) is 1. The number of alkyl halides is 3. The van der Waals surface area contributed by atoms with Crippen LogP contribution < -0.4 is 16.3 Å². The van der Waals surface area contributed by atoms with Crippen LogP contribution in [0.1, 0.15) is 48.5 Å². The second kappa shape index (κ2) is 12.8. The number of benzene rings is 2. The largest absolute Gasteiger partial charge is 0.422 e. The van der Waals surface area contributed by atoms with Crippen LogP contribution in [0.25, 0.3) is 11.0 Å². The van der Waals surface area contributed by atoms with Gasteiger partial charge in [-0.25, -0.2) is 17.5 Å². The number of methoxy groups -OCH3 is 1. The fourth-order valence-electron chi connectivity index (χ4n) is 6.59. The third-order valence-electron chi connectivity index (χ3n) is 9.21. The number of anilines is 1. The first-order chi connectivity index (χ1) is 22.4. The summed E-state index contributed by atoms with van der Waals surface area (Å²) in [5.74, 6) is -2.57. The Kier molecular flexibility index (Phi) is 9.42. The number of aryl methyl sites for hydroxylation is 2. The van der Waals surface area contributed by atoms with E-state index in [9.17, 15) is 36.0 Å². The van der Waals surface area contributed by atoms with Crippen molar-refractivity contribution in [2.75, 3.05) is 65.9 Å². The Balaban J connectivity index is 1.55. The molecule has 2 N–H and O–H groups in total. The average Bonchev–Trinajstić information content (AvgIpc) is 3.02. The third kappa shape index (κ3) is 6.17. The van der Waals surface area contributed by atoms with Gasteiger partial charge in [0.2, 0.25) is 10.0 Å². The SMILES string of the molecule is COCC1CN(c2cc(C)c3c4c(c(=O)oc3c2C)CN(C(=O)c2cc(C(F)(F)F)c(C(N)=O)c(S(=O)(=O)N(C)C)c2)CC4)CCN1C. The minimum Gasteiger partial charge on any atom is -0.422 e. The van der Waals surface area contributed by atoms with Gasteiger partial charge in [0.1, 0.15) is 5.58 Å². The van der Waals surface area contributed by atoms with Crippen molar-refractivity contribution in [3.8, 4) is 0 Å². The van der Waals surface area contributed by atoms with Gasteiger partial charge in [-0.15, -0.1) is 0 Å². The van der Waals surface area contributed by atoms with Crippen LogP contribution in [0, 0.1) is 13.8 Å². The molecular weight excluding hydrogens is 655 g/mol. The van der Waals surface area contributed by atoms with E-state index in [0.29, 0.717) is 28.1 Å². The van der Waals surface area contributed by atoms with E-state index in [-0.39, 0.29) is 31.1 Å². The second-order valence-electron chi connectivity index (χ2n) is 12.4. The molecule has 2 aliphatic heterocycles. The van der Waals surface area contributed by atoms with Gasteiger partial charge < -0.3 is 24.7 Å². The van der Waals surface area contributed by atoms with Crippen molar-refractivity contribution in [1.82, 2.24) is 14.1 Å². The van der Waals surface area contributed by atoms with E-state index in [0.717, 1.165) is 66.9 Å². The molecule has 1 unspecified atom stereocenters. The molecule has 1 saturated heterocycles. The number of sulfonamides is 1. The van der Waals surface area contributed by atoms with Gasteiger partial charge in [-0.2, -0.15) is 13.2 Å². The van der Waals surface area contributed by atoms with E-state index in [2.05, 4.69) is 22.9 Å². The number of piperazine rings is 1. The molecule has 5 rings (SSSR count). The summed E-state index contributed by atoms with van der Waals surface area (Å²) in [6.45, 7) is 6.42. The number of amides is 2. The van der Waals surface area contributed by atoms with Crippen LogP contribution in [0.4, 0.5) is 18.9 Å². The third-order valence-corrected chi connectivity index (χ3v) is 11.1. The second-order valence-corrected chi connectivity index (χ2v) is 14.6. The lowest BCUT2D eigenvalue weighted by molar-refractivity contribution is -0.138. The van der Waals surface area contributed by atoms with Crippen molar-refractivity contribution in [2.24, 2.45) is 5.73 Å². The molecule has 0 bridgehead atoms. The summed E-state index contributed by atoms with van der Waals surface area (Å²) in [7, 11) is 1.21. The minimum absolute atomic E-state index is 0.0243. The molecule has 2 aromatic carbocycles. The maximum Gasteiger partial charge on any atom is 0.417 e. The number of hydrogen-bond acceptors (Lipinski definition) is 9. The Hall–Kier alpha value is -3.99. The Morgan fingerprint density at radius 1 is 1.10 bits per heavy atom. The van der Waals surface area contributed by atoms with E-state index in [4.69, 9.17) is 14.9 Å².